The third kappa shape index (κ3) is 3.12. The van der Waals surface area contributed by atoms with E-state index in [1.807, 2.05) is 57.2 Å². The Morgan fingerprint density at radius 1 is 1.08 bits per heavy atom. The molecular formula is C21H24N2O3. The number of hydrogen-bond acceptors (Lipinski definition) is 4. The van der Waals surface area contributed by atoms with Gasteiger partial charge in [-0.1, -0.05) is 18.2 Å². The molecule has 0 aliphatic rings. The number of carbonyl (C=O) groups is 1. The van der Waals surface area contributed by atoms with Crippen LogP contribution in [0, 0.1) is 13.8 Å². The number of methoxy groups -OCH3 is 2. The molecule has 0 bridgehead atoms. The fraction of sp³-hybridized carbons (Fsp3) is 0.286. The number of hydrogen-bond donors (Lipinski definition) is 2. The maximum absolute atomic E-state index is 13.1. The highest BCUT2D eigenvalue weighted by Gasteiger charge is 2.22. The van der Waals surface area contributed by atoms with Gasteiger partial charge in [0.25, 0.3) is 0 Å². The fourth-order valence-electron chi connectivity index (χ4n) is 3.25. The summed E-state index contributed by atoms with van der Waals surface area (Å²) < 4.78 is 10.7. The van der Waals surface area contributed by atoms with Crippen LogP contribution in [0.1, 0.15) is 28.5 Å². The number of nitrogens with one attached hydrogen (secondary N) is 2. The van der Waals surface area contributed by atoms with E-state index in [1.165, 1.54) is 0 Å². The number of fused-ring (bicyclic) bond motifs is 1. The van der Waals surface area contributed by atoms with E-state index < -0.39 is 0 Å². The minimum Gasteiger partial charge on any atom is -0.493 e. The van der Waals surface area contributed by atoms with Crippen LogP contribution in [0.5, 0.6) is 11.5 Å². The SMILES string of the molecule is COc1cc(C)c(N[C@@H](C)C(=O)c2c(C)[nH]c3ccccc23)cc1OC. The number of aromatic nitrogens is 1. The molecule has 0 fully saturated rings. The maximum Gasteiger partial charge on any atom is 0.187 e. The second-order valence-electron chi connectivity index (χ2n) is 6.42. The molecule has 0 amide bonds. The number of ketones is 1. The van der Waals surface area contributed by atoms with E-state index in [2.05, 4.69) is 10.3 Å². The lowest BCUT2D eigenvalue weighted by Crippen LogP contribution is -2.27. The highest BCUT2D eigenvalue weighted by Crippen LogP contribution is 2.33. The van der Waals surface area contributed by atoms with Gasteiger partial charge < -0.3 is 19.8 Å². The van der Waals surface area contributed by atoms with Crippen molar-refractivity contribution in [2.45, 2.75) is 26.8 Å². The number of anilines is 1. The second-order valence-corrected chi connectivity index (χ2v) is 6.42. The monoisotopic (exact) mass is 352 g/mol. The Labute approximate surface area is 153 Å². The summed E-state index contributed by atoms with van der Waals surface area (Å²) in [5.74, 6) is 1.35. The Kier molecular flexibility index (Phi) is 4.89. The molecule has 0 spiro atoms. The Balaban J connectivity index is 1.91. The summed E-state index contributed by atoms with van der Waals surface area (Å²) >= 11 is 0. The van der Waals surface area contributed by atoms with Gasteiger partial charge in [0.05, 0.1) is 20.3 Å². The molecule has 1 heterocycles. The van der Waals surface area contributed by atoms with Crippen LogP contribution in [-0.2, 0) is 0 Å². The normalized spacial score (nSPS) is 12.0. The van der Waals surface area contributed by atoms with E-state index in [9.17, 15) is 4.79 Å². The zero-order valence-electron chi connectivity index (χ0n) is 15.8. The third-order valence-corrected chi connectivity index (χ3v) is 4.64. The molecule has 5 nitrogen and oxygen atoms in total. The number of aromatic amines is 1. The van der Waals surface area contributed by atoms with Gasteiger partial charge in [0, 0.05) is 33.9 Å². The fourth-order valence-corrected chi connectivity index (χ4v) is 3.25. The molecule has 3 aromatic rings. The van der Waals surface area contributed by atoms with E-state index in [0.717, 1.165) is 33.4 Å². The zero-order valence-corrected chi connectivity index (χ0v) is 15.8. The van der Waals surface area contributed by atoms with Gasteiger partial charge in [0.15, 0.2) is 17.3 Å². The standard InChI is InChI=1S/C21H24N2O3/c1-12-10-18(25-4)19(26-5)11-17(12)23-14(3)21(24)20-13(2)22-16-9-7-6-8-15(16)20/h6-11,14,22-23H,1-5H3/t14-/m0/s1. The molecule has 0 unspecified atom stereocenters. The lowest BCUT2D eigenvalue weighted by atomic mass is 10.0. The van der Waals surface area contributed by atoms with Crippen molar-refractivity contribution in [1.29, 1.82) is 0 Å². The predicted molar refractivity (Wildman–Crippen MR) is 105 cm³/mol. The van der Waals surface area contributed by atoms with E-state index in [0.29, 0.717) is 11.5 Å². The molecule has 0 saturated heterocycles. The maximum atomic E-state index is 13.1. The van der Waals surface area contributed by atoms with Gasteiger partial charge >= 0.3 is 0 Å². The van der Waals surface area contributed by atoms with Crippen molar-refractivity contribution in [3.05, 3.63) is 53.2 Å². The van der Waals surface area contributed by atoms with Crippen molar-refractivity contribution in [1.82, 2.24) is 4.98 Å². The van der Waals surface area contributed by atoms with E-state index in [-0.39, 0.29) is 11.8 Å². The van der Waals surface area contributed by atoms with Crippen LogP contribution in [0.25, 0.3) is 10.9 Å². The number of carbonyl (C=O) groups excluding carboxylic acids is 1. The Hall–Kier alpha value is -2.95. The summed E-state index contributed by atoms with van der Waals surface area (Å²) in [5, 5.41) is 4.27. The summed E-state index contributed by atoms with van der Waals surface area (Å²) in [7, 11) is 3.21. The van der Waals surface area contributed by atoms with Gasteiger partial charge in [0.2, 0.25) is 0 Å². The molecule has 2 N–H and O–H groups in total. The van der Waals surface area contributed by atoms with Crippen molar-refractivity contribution in [3.63, 3.8) is 0 Å². The van der Waals surface area contributed by atoms with Gasteiger partial charge in [-0.3, -0.25) is 4.79 Å². The van der Waals surface area contributed by atoms with Gasteiger partial charge in [-0.05, 0) is 38.5 Å². The van der Waals surface area contributed by atoms with Gasteiger partial charge in [-0.15, -0.1) is 0 Å². The zero-order chi connectivity index (χ0) is 18.8. The average molecular weight is 352 g/mol. The Morgan fingerprint density at radius 2 is 1.73 bits per heavy atom. The largest absolute Gasteiger partial charge is 0.493 e. The lowest BCUT2D eigenvalue weighted by Gasteiger charge is -2.18. The molecule has 0 saturated carbocycles. The van der Waals surface area contributed by atoms with Crippen LogP contribution in [0.15, 0.2) is 36.4 Å². The first-order chi connectivity index (χ1) is 12.5. The van der Waals surface area contributed by atoms with Crippen LogP contribution in [0.2, 0.25) is 0 Å². The summed E-state index contributed by atoms with van der Waals surface area (Å²) in [4.78, 5) is 16.4. The van der Waals surface area contributed by atoms with E-state index in [4.69, 9.17) is 9.47 Å². The number of benzene rings is 2. The van der Waals surface area contributed by atoms with E-state index in [1.54, 1.807) is 14.2 Å². The molecule has 1 aromatic heterocycles. The van der Waals surface area contributed by atoms with Crippen molar-refractivity contribution in [2.75, 3.05) is 19.5 Å². The molecule has 26 heavy (non-hydrogen) atoms. The van der Waals surface area contributed by atoms with Gasteiger partial charge in [-0.25, -0.2) is 0 Å². The van der Waals surface area contributed by atoms with Crippen molar-refractivity contribution in [2.24, 2.45) is 0 Å². The number of ether oxygens (including phenoxy) is 2. The summed E-state index contributed by atoms with van der Waals surface area (Å²) in [6.45, 7) is 5.78. The van der Waals surface area contributed by atoms with Crippen LogP contribution in [0.3, 0.4) is 0 Å². The molecule has 0 aliphatic carbocycles. The number of Topliss-reactive ketones (excluding diaryl/α,β-unsaturated/α-hetero) is 1. The first-order valence-electron chi connectivity index (χ1n) is 8.57. The van der Waals surface area contributed by atoms with Crippen LogP contribution >= 0.6 is 0 Å². The average Bonchev–Trinajstić information content (AvgIpc) is 2.97. The number of para-hydroxylation sites is 1. The van der Waals surface area contributed by atoms with Gasteiger partial charge in [0.1, 0.15) is 0 Å². The number of rotatable bonds is 6. The van der Waals surface area contributed by atoms with E-state index >= 15 is 0 Å². The minimum absolute atomic E-state index is 0.0501. The molecule has 3 rings (SSSR count). The highest BCUT2D eigenvalue weighted by atomic mass is 16.5. The van der Waals surface area contributed by atoms with Crippen molar-refractivity contribution >= 4 is 22.4 Å². The Bertz CT molecular complexity index is 959. The van der Waals surface area contributed by atoms with Crippen LogP contribution < -0.4 is 14.8 Å². The second kappa shape index (κ2) is 7.12. The first-order valence-corrected chi connectivity index (χ1v) is 8.57. The smallest absolute Gasteiger partial charge is 0.187 e. The van der Waals surface area contributed by atoms with Gasteiger partial charge in [-0.2, -0.15) is 0 Å². The molecule has 5 heteroatoms. The summed E-state index contributed by atoms with van der Waals surface area (Å²) in [6, 6.07) is 11.2. The topological polar surface area (TPSA) is 63.3 Å². The van der Waals surface area contributed by atoms with Crippen molar-refractivity contribution in [3.8, 4) is 11.5 Å². The van der Waals surface area contributed by atoms with Crippen LogP contribution in [-0.4, -0.2) is 31.0 Å². The number of aryl methyl sites for hydroxylation is 2. The highest BCUT2D eigenvalue weighted by molar-refractivity contribution is 6.12. The first kappa shape index (κ1) is 17.9. The molecule has 1 atom stereocenters. The quantitative estimate of drug-likeness (QED) is 0.642. The molecule has 0 radical (unpaired) electrons. The third-order valence-electron chi connectivity index (χ3n) is 4.64. The van der Waals surface area contributed by atoms with Crippen LogP contribution in [0.4, 0.5) is 5.69 Å². The lowest BCUT2D eigenvalue weighted by molar-refractivity contribution is 0.0976. The molecule has 0 aliphatic heterocycles. The molecule has 136 valence electrons. The summed E-state index contributed by atoms with van der Waals surface area (Å²) in [6.07, 6.45) is 0. The number of H-pyrrole nitrogens is 1. The van der Waals surface area contributed by atoms with Crippen molar-refractivity contribution < 1.29 is 14.3 Å². The summed E-state index contributed by atoms with van der Waals surface area (Å²) in [5.41, 5.74) is 4.43. The minimum atomic E-state index is -0.385. The Morgan fingerprint density at radius 3 is 2.42 bits per heavy atom. The molecule has 2 aromatic carbocycles. The predicted octanol–water partition coefficient (Wildman–Crippen LogP) is 4.49. The molecular weight excluding hydrogens is 328 g/mol.